The maximum atomic E-state index is 11.1. The van der Waals surface area contributed by atoms with Gasteiger partial charge in [0.15, 0.2) is 0 Å². The van der Waals surface area contributed by atoms with Crippen LogP contribution in [0.25, 0.3) is 21.9 Å². The predicted octanol–water partition coefficient (Wildman–Crippen LogP) is 3.79. The highest BCUT2D eigenvalue weighted by Gasteiger charge is 2.16. The van der Waals surface area contributed by atoms with E-state index in [-0.39, 0.29) is 10.6 Å². The zero-order chi connectivity index (χ0) is 20.2. The molecule has 4 rings (SSSR count). The number of hydrogen-bond donors (Lipinski definition) is 1. The van der Waals surface area contributed by atoms with Crippen LogP contribution in [0.2, 0.25) is 0 Å². The Morgan fingerprint density at radius 3 is 2.69 bits per heavy atom. The highest BCUT2D eigenvalue weighted by Crippen LogP contribution is 2.31. The third-order valence-electron chi connectivity index (χ3n) is 4.80. The number of ether oxygens (including phenoxy) is 2. The van der Waals surface area contributed by atoms with Gasteiger partial charge in [0.25, 0.3) is 5.69 Å². The molecule has 1 N–H and O–H groups in total. The Morgan fingerprint density at radius 1 is 1.07 bits per heavy atom. The maximum Gasteiger partial charge on any atom is 0.270 e. The molecule has 29 heavy (non-hydrogen) atoms. The molecule has 1 aliphatic rings. The zero-order valence-electron chi connectivity index (χ0n) is 16.1. The Kier molecular flexibility index (Phi) is 5.39. The van der Waals surface area contributed by atoms with Gasteiger partial charge < -0.3 is 14.8 Å². The summed E-state index contributed by atoms with van der Waals surface area (Å²) in [7, 11) is 1.64. The van der Waals surface area contributed by atoms with E-state index in [0.717, 1.165) is 52.1 Å². The van der Waals surface area contributed by atoms with Crippen LogP contribution in [0.4, 0.5) is 5.69 Å². The van der Waals surface area contributed by atoms with Crippen LogP contribution in [0.15, 0.2) is 59.6 Å². The third-order valence-corrected chi connectivity index (χ3v) is 4.80. The largest absolute Gasteiger partial charge is 0.490 e. The summed E-state index contributed by atoms with van der Waals surface area (Å²) in [5.74, 6) is 1.57. The fourth-order valence-electron chi connectivity index (χ4n) is 3.37. The van der Waals surface area contributed by atoms with Gasteiger partial charge in [0.2, 0.25) is 0 Å². The number of nitrogens with one attached hydrogen (secondary N) is 1. The van der Waals surface area contributed by atoms with Crippen molar-refractivity contribution in [3.63, 3.8) is 0 Å². The van der Waals surface area contributed by atoms with E-state index in [0.29, 0.717) is 13.2 Å². The van der Waals surface area contributed by atoms with E-state index in [9.17, 15) is 10.1 Å². The van der Waals surface area contributed by atoms with Gasteiger partial charge in [-0.15, -0.1) is 0 Å². The minimum Gasteiger partial charge on any atom is -0.490 e. The molecule has 0 amide bonds. The number of nitro benzene ring substituents is 1. The molecule has 1 aliphatic heterocycles. The van der Waals surface area contributed by atoms with Crippen LogP contribution in [0, 0.1) is 10.1 Å². The molecule has 0 saturated heterocycles. The number of non-ortho nitro benzene ring substituents is 1. The summed E-state index contributed by atoms with van der Waals surface area (Å²) < 4.78 is 11.0. The Balaban J connectivity index is 1.77. The quantitative estimate of drug-likeness (QED) is 0.376. The van der Waals surface area contributed by atoms with Gasteiger partial charge in [-0.05, 0) is 40.1 Å². The SMILES string of the molecule is COCCOc1cc2ccc(-c3cccc([N+](=O)[O-])c3)cc2cc1C1=NCCN1. The first-order valence-corrected chi connectivity index (χ1v) is 9.39. The van der Waals surface area contributed by atoms with Crippen LogP contribution < -0.4 is 10.1 Å². The number of benzene rings is 3. The molecule has 3 aromatic rings. The number of methoxy groups -OCH3 is 1. The fraction of sp³-hybridized carbons (Fsp3) is 0.227. The summed E-state index contributed by atoms with van der Waals surface area (Å²) >= 11 is 0. The lowest BCUT2D eigenvalue weighted by atomic mass is 9.98. The average Bonchev–Trinajstić information content (AvgIpc) is 3.28. The van der Waals surface area contributed by atoms with Crippen LogP contribution in [0.1, 0.15) is 5.56 Å². The Morgan fingerprint density at radius 2 is 1.93 bits per heavy atom. The van der Waals surface area contributed by atoms with Gasteiger partial charge in [0.05, 0.1) is 23.6 Å². The van der Waals surface area contributed by atoms with Gasteiger partial charge in [0, 0.05) is 25.8 Å². The van der Waals surface area contributed by atoms with Crippen LogP contribution in [0.3, 0.4) is 0 Å². The molecule has 0 spiro atoms. The molecule has 0 bridgehead atoms. The van der Waals surface area contributed by atoms with E-state index in [1.807, 2.05) is 30.3 Å². The van der Waals surface area contributed by atoms with Crippen molar-refractivity contribution in [2.45, 2.75) is 0 Å². The highest BCUT2D eigenvalue weighted by molar-refractivity contribution is 6.06. The van der Waals surface area contributed by atoms with Crippen molar-refractivity contribution >= 4 is 22.3 Å². The van der Waals surface area contributed by atoms with Crippen LogP contribution >= 0.6 is 0 Å². The molecule has 148 valence electrons. The number of amidine groups is 1. The van der Waals surface area contributed by atoms with Crippen molar-refractivity contribution in [3.8, 4) is 16.9 Å². The average molecular weight is 391 g/mol. The van der Waals surface area contributed by atoms with Gasteiger partial charge in [0.1, 0.15) is 18.2 Å². The molecule has 0 aliphatic carbocycles. The van der Waals surface area contributed by atoms with Gasteiger partial charge in [-0.1, -0.05) is 24.3 Å². The summed E-state index contributed by atoms with van der Waals surface area (Å²) in [4.78, 5) is 15.3. The normalized spacial score (nSPS) is 13.2. The van der Waals surface area contributed by atoms with Crippen LogP contribution in [-0.2, 0) is 4.74 Å². The molecule has 1 heterocycles. The van der Waals surface area contributed by atoms with Gasteiger partial charge >= 0.3 is 0 Å². The summed E-state index contributed by atoms with van der Waals surface area (Å²) in [5, 5.41) is 16.4. The fourth-order valence-corrected chi connectivity index (χ4v) is 3.37. The van der Waals surface area contributed by atoms with Gasteiger partial charge in [-0.2, -0.15) is 0 Å². The molecule has 0 atom stereocenters. The first-order valence-electron chi connectivity index (χ1n) is 9.39. The van der Waals surface area contributed by atoms with Crippen molar-refractivity contribution in [3.05, 3.63) is 70.3 Å². The van der Waals surface area contributed by atoms with E-state index in [1.165, 1.54) is 6.07 Å². The molecule has 0 saturated carbocycles. The summed E-state index contributed by atoms with van der Waals surface area (Å²) in [6, 6.07) is 16.7. The number of fused-ring (bicyclic) bond motifs is 1. The van der Waals surface area contributed by atoms with Crippen molar-refractivity contribution in [1.82, 2.24) is 5.32 Å². The van der Waals surface area contributed by atoms with Gasteiger partial charge in [-0.25, -0.2) is 0 Å². The van der Waals surface area contributed by atoms with E-state index in [4.69, 9.17) is 9.47 Å². The molecule has 0 fully saturated rings. The molecule has 0 unspecified atom stereocenters. The van der Waals surface area contributed by atoms with Crippen molar-refractivity contribution in [1.29, 1.82) is 0 Å². The highest BCUT2D eigenvalue weighted by atomic mass is 16.6. The number of rotatable bonds is 7. The Bertz CT molecular complexity index is 1090. The lowest BCUT2D eigenvalue weighted by Gasteiger charge is -2.14. The van der Waals surface area contributed by atoms with Crippen LogP contribution in [-0.4, -0.2) is 44.2 Å². The second-order valence-electron chi connectivity index (χ2n) is 6.72. The minimum atomic E-state index is -0.379. The monoisotopic (exact) mass is 391 g/mol. The van der Waals surface area contributed by atoms with E-state index in [2.05, 4.69) is 16.4 Å². The van der Waals surface area contributed by atoms with Crippen molar-refractivity contribution in [2.24, 2.45) is 4.99 Å². The number of nitrogens with zero attached hydrogens (tertiary/aromatic N) is 2. The van der Waals surface area contributed by atoms with E-state index < -0.39 is 0 Å². The number of nitro groups is 1. The molecular formula is C22H21N3O4. The van der Waals surface area contributed by atoms with E-state index in [1.54, 1.807) is 19.2 Å². The zero-order valence-corrected chi connectivity index (χ0v) is 16.1. The molecule has 7 nitrogen and oxygen atoms in total. The predicted molar refractivity (Wildman–Crippen MR) is 113 cm³/mol. The van der Waals surface area contributed by atoms with Crippen molar-refractivity contribution < 1.29 is 14.4 Å². The second kappa shape index (κ2) is 8.28. The lowest BCUT2D eigenvalue weighted by Crippen LogP contribution is -2.20. The van der Waals surface area contributed by atoms with Crippen LogP contribution in [0.5, 0.6) is 5.75 Å². The lowest BCUT2D eigenvalue weighted by molar-refractivity contribution is -0.384. The molecule has 0 aromatic heterocycles. The first kappa shape index (κ1) is 18.9. The van der Waals surface area contributed by atoms with Gasteiger partial charge in [-0.3, -0.25) is 15.1 Å². The summed E-state index contributed by atoms with van der Waals surface area (Å²) in [6.45, 7) is 2.49. The second-order valence-corrected chi connectivity index (χ2v) is 6.72. The molecular weight excluding hydrogens is 370 g/mol. The minimum absolute atomic E-state index is 0.0784. The molecule has 0 radical (unpaired) electrons. The summed E-state index contributed by atoms with van der Waals surface area (Å²) in [6.07, 6.45) is 0. The molecule has 3 aromatic carbocycles. The Labute approximate surface area is 168 Å². The maximum absolute atomic E-state index is 11.1. The topological polar surface area (TPSA) is 86.0 Å². The Hall–Kier alpha value is -3.45. The van der Waals surface area contributed by atoms with E-state index >= 15 is 0 Å². The summed E-state index contributed by atoms with van der Waals surface area (Å²) in [5.41, 5.74) is 2.71. The molecule has 7 heteroatoms. The smallest absolute Gasteiger partial charge is 0.270 e. The number of hydrogen-bond acceptors (Lipinski definition) is 6. The third kappa shape index (κ3) is 4.05. The first-order chi connectivity index (χ1) is 14.2. The number of aliphatic imine (C=N–C) groups is 1. The van der Waals surface area contributed by atoms with Crippen molar-refractivity contribution in [2.75, 3.05) is 33.4 Å². The standard InChI is InChI=1S/C22H21N3O4/c1-28-9-10-29-21-14-17-6-5-16(15-3-2-4-19(12-15)25(26)27)11-18(17)13-20(21)22-23-7-8-24-22/h2-6,11-14H,7-10H2,1H3,(H,23,24).